The van der Waals surface area contributed by atoms with Crippen LogP contribution in [0.15, 0.2) is 0 Å². The van der Waals surface area contributed by atoms with Crippen LogP contribution < -0.4 is 4.13 Å². The molecule has 1 fully saturated rings. The maximum Gasteiger partial charge on any atom is 0.0444 e. The molecular weight excluding hydrogens is 102 g/mol. The number of hydrogen-bond donors (Lipinski definition) is 1. The van der Waals surface area contributed by atoms with E-state index in [2.05, 4.69) is 9.88 Å². The topological polar surface area (TPSA) is 12.0 Å². The van der Waals surface area contributed by atoms with Crippen molar-refractivity contribution in [1.29, 1.82) is 0 Å². The lowest BCUT2D eigenvalue weighted by Crippen LogP contribution is -1.72. The first kappa shape index (κ1) is 3.84. The molecule has 1 aliphatic heterocycles. The van der Waals surface area contributed by atoms with Crippen LogP contribution in [0.2, 0.25) is 0 Å². The molecule has 0 bridgehead atoms. The molecule has 0 atom stereocenters. The van der Waals surface area contributed by atoms with E-state index in [4.69, 9.17) is 0 Å². The molecule has 1 saturated heterocycles. The molecule has 0 unspecified atom stereocenters. The lowest BCUT2D eigenvalue weighted by molar-refractivity contribution is 1.77. The summed E-state index contributed by atoms with van der Waals surface area (Å²) in [5, 5.41) is 0. The molecule has 0 aromatic rings. The fraction of sp³-hybridized carbons (Fsp3) is 0.500. The van der Waals surface area contributed by atoms with Gasteiger partial charge in [-0.25, -0.2) is 4.13 Å². The second-order valence-electron chi connectivity index (χ2n) is 0.679. The summed E-state index contributed by atoms with van der Waals surface area (Å²) >= 11 is 3.39. The Morgan fingerprint density at radius 3 is 3.00 bits per heavy atom. The monoisotopic (exact) mass is 106 g/mol. The third kappa shape index (κ3) is 1.03. The molecular formula is C2H4NS2. The van der Waals surface area contributed by atoms with Crippen LogP contribution in [0.25, 0.3) is 0 Å². The van der Waals surface area contributed by atoms with Crippen molar-refractivity contribution < 1.29 is 0 Å². The van der Waals surface area contributed by atoms with Crippen molar-refractivity contribution in [2.24, 2.45) is 0 Å². The zero-order valence-electron chi connectivity index (χ0n) is 2.60. The van der Waals surface area contributed by atoms with Gasteiger partial charge in [-0.2, -0.15) is 0 Å². The maximum atomic E-state index is 3.00. The zero-order chi connectivity index (χ0) is 3.54. The van der Waals surface area contributed by atoms with Gasteiger partial charge in [0.2, 0.25) is 0 Å². The lowest BCUT2D eigenvalue weighted by atomic mass is 11.0. The van der Waals surface area contributed by atoms with Gasteiger partial charge in [-0.15, -0.1) is 0 Å². The van der Waals surface area contributed by atoms with Gasteiger partial charge in [-0.05, 0) is 0 Å². The molecule has 1 heterocycles. The van der Waals surface area contributed by atoms with Crippen LogP contribution in [-0.2, 0) is 0 Å². The van der Waals surface area contributed by atoms with Crippen molar-refractivity contribution in [1.82, 2.24) is 4.13 Å². The molecule has 1 rings (SSSR count). The zero-order valence-corrected chi connectivity index (χ0v) is 4.23. The van der Waals surface area contributed by atoms with E-state index in [1.54, 1.807) is 23.9 Å². The molecule has 29 valence electrons. The van der Waals surface area contributed by atoms with Gasteiger partial charge >= 0.3 is 0 Å². The van der Waals surface area contributed by atoms with Gasteiger partial charge in [0, 0.05) is 11.5 Å². The van der Waals surface area contributed by atoms with Gasteiger partial charge in [0.05, 0.1) is 0 Å². The van der Waals surface area contributed by atoms with Gasteiger partial charge in [0.1, 0.15) is 0 Å². The minimum Gasteiger partial charge on any atom is -0.208 e. The molecule has 1 aliphatic rings. The Morgan fingerprint density at radius 2 is 2.80 bits per heavy atom. The van der Waals surface area contributed by atoms with E-state index in [1.807, 2.05) is 0 Å². The van der Waals surface area contributed by atoms with Crippen LogP contribution in [0, 0.1) is 5.75 Å². The average Bonchev–Trinajstić information content (AvgIpc) is 1.76. The second-order valence-corrected chi connectivity index (χ2v) is 2.54. The molecule has 1 radical (unpaired) electrons. The molecule has 0 spiro atoms. The molecule has 0 saturated carbocycles. The molecule has 0 aromatic heterocycles. The molecule has 0 aliphatic carbocycles. The Hall–Kier alpha value is 0.660. The first-order valence-corrected chi connectivity index (χ1v) is 3.21. The fourth-order valence-corrected chi connectivity index (χ4v) is 1.53. The van der Waals surface area contributed by atoms with Crippen molar-refractivity contribution in [2.75, 3.05) is 5.75 Å². The maximum absolute atomic E-state index is 3.00. The van der Waals surface area contributed by atoms with Gasteiger partial charge in [0.25, 0.3) is 0 Å². The van der Waals surface area contributed by atoms with Gasteiger partial charge < -0.3 is 0 Å². The minimum atomic E-state index is 1.14. The van der Waals surface area contributed by atoms with Crippen LogP contribution >= 0.6 is 23.9 Å². The molecule has 1 N–H and O–H groups in total. The second kappa shape index (κ2) is 1.95. The third-order valence-corrected chi connectivity index (χ3v) is 2.08. The van der Waals surface area contributed by atoms with Crippen LogP contribution in [-0.4, -0.2) is 5.75 Å². The Bertz CT molecular complexity index is 19.2. The summed E-state index contributed by atoms with van der Waals surface area (Å²) in [5.41, 5.74) is 0. The predicted molar refractivity (Wildman–Crippen MR) is 27.5 cm³/mol. The first-order valence-electron chi connectivity index (χ1n) is 1.34. The molecule has 1 nitrogen and oxygen atoms in total. The summed E-state index contributed by atoms with van der Waals surface area (Å²) in [6.45, 7) is 0. The summed E-state index contributed by atoms with van der Waals surface area (Å²) in [4.78, 5) is 0. The highest BCUT2D eigenvalue weighted by Crippen LogP contribution is 2.17. The fourth-order valence-electron chi connectivity index (χ4n) is 0.170. The largest absolute Gasteiger partial charge is 0.208 e. The third-order valence-electron chi connectivity index (χ3n) is 0.342. The van der Waals surface area contributed by atoms with E-state index < -0.39 is 0 Å². The van der Waals surface area contributed by atoms with Gasteiger partial charge in [-0.1, -0.05) is 23.9 Å². The summed E-state index contributed by atoms with van der Waals surface area (Å²) in [5.74, 6) is 3.27. The van der Waals surface area contributed by atoms with Crippen LogP contribution in [0.1, 0.15) is 0 Å². The standard InChI is InChI=1S/C2H4NS2/c1-2-5-3-4-1/h1,3H,2H2. The van der Waals surface area contributed by atoms with E-state index in [0.717, 1.165) is 5.75 Å². The summed E-state index contributed by atoms with van der Waals surface area (Å²) in [7, 11) is 0. The normalized spacial score (nSPS) is 24.0. The Morgan fingerprint density at radius 1 is 1.80 bits per heavy atom. The lowest BCUT2D eigenvalue weighted by Gasteiger charge is -1.74. The van der Waals surface area contributed by atoms with Gasteiger partial charge in [-0.3, -0.25) is 0 Å². The number of hydrogen-bond acceptors (Lipinski definition) is 3. The first-order chi connectivity index (χ1) is 2.50. The average molecular weight is 106 g/mol. The summed E-state index contributed by atoms with van der Waals surface area (Å²) in [6.07, 6.45) is 0. The highest BCUT2D eigenvalue weighted by atomic mass is 32.2. The number of rotatable bonds is 0. The molecule has 5 heavy (non-hydrogen) atoms. The van der Waals surface area contributed by atoms with Gasteiger partial charge in [0.15, 0.2) is 0 Å². The summed E-state index contributed by atoms with van der Waals surface area (Å²) < 4.78 is 3.00. The van der Waals surface area contributed by atoms with E-state index in [0.29, 0.717) is 0 Å². The predicted octanol–water partition coefficient (Wildman–Crippen LogP) is 1.05. The quantitative estimate of drug-likeness (QED) is 0.463. The molecule has 0 aromatic carbocycles. The van der Waals surface area contributed by atoms with Crippen molar-refractivity contribution in [3.63, 3.8) is 0 Å². The smallest absolute Gasteiger partial charge is 0.0444 e. The van der Waals surface area contributed by atoms with Crippen molar-refractivity contribution in [3.8, 4) is 0 Å². The van der Waals surface area contributed by atoms with E-state index in [1.165, 1.54) is 0 Å². The highest BCUT2D eigenvalue weighted by Gasteiger charge is 1.95. The summed E-state index contributed by atoms with van der Waals surface area (Å²) in [6, 6.07) is 0. The Labute approximate surface area is 40.2 Å². The minimum absolute atomic E-state index is 1.14. The Balaban J connectivity index is 2.08. The Kier molecular flexibility index (Phi) is 1.50. The molecule has 3 heteroatoms. The SMILES string of the molecule is [CH]1CSNS1. The number of nitrogens with one attached hydrogen (secondary N) is 1. The van der Waals surface area contributed by atoms with Crippen molar-refractivity contribution in [2.45, 2.75) is 0 Å². The van der Waals surface area contributed by atoms with E-state index >= 15 is 0 Å². The highest BCUT2D eigenvalue weighted by molar-refractivity contribution is 8.17. The van der Waals surface area contributed by atoms with E-state index in [9.17, 15) is 0 Å². The van der Waals surface area contributed by atoms with Crippen LogP contribution in [0.4, 0.5) is 0 Å². The molecule has 0 amide bonds. The van der Waals surface area contributed by atoms with Crippen LogP contribution in [0.3, 0.4) is 0 Å². The van der Waals surface area contributed by atoms with Crippen molar-refractivity contribution in [3.05, 3.63) is 5.75 Å². The van der Waals surface area contributed by atoms with Crippen molar-refractivity contribution >= 4 is 23.9 Å². The van der Waals surface area contributed by atoms with Crippen LogP contribution in [0.5, 0.6) is 0 Å². The van der Waals surface area contributed by atoms with E-state index in [-0.39, 0.29) is 0 Å².